The molecule has 0 amide bonds. The minimum Gasteiger partial charge on any atom is -0.356 e. The number of thiophene rings is 1. The van der Waals surface area contributed by atoms with Gasteiger partial charge in [0.15, 0.2) is 5.96 Å². The second kappa shape index (κ2) is 8.87. The van der Waals surface area contributed by atoms with Gasteiger partial charge in [-0.1, -0.05) is 0 Å². The molecular weight excluding hydrogens is 356 g/mol. The smallest absolute Gasteiger partial charge is 0.191 e. The van der Waals surface area contributed by atoms with E-state index in [2.05, 4.69) is 58.2 Å². The number of hydrogen-bond donors (Lipinski definition) is 2. The molecule has 0 aromatic carbocycles. The first-order chi connectivity index (χ1) is 11.4. The number of nitrogens with one attached hydrogen (secondary N) is 2. The third kappa shape index (κ3) is 5.79. The van der Waals surface area contributed by atoms with E-state index in [0.717, 1.165) is 36.2 Å². The van der Waals surface area contributed by atoms with Crippen LogP contribution in [0.1, 0.15) is 23.7 Å². The summed E-state index contributed by atoms with van der Waals surface area (Å²) in [4.78, 5) is 11.5. The average molecular weight is 383 g/mol. The molecule has 2 rings (SSSR count). The highest BCUT2D eigenvalue weighted by atomic mass is 32.2. The van der Waals surface area contributed by atoms with Gasteiger partial charge < -0.3 is 10.6 Å². The largest absolute Gasteiger partial charge is 0.356 e. The monoisotopic (exact) mass is 382 g/mol. The lowest BCUT2D eigenvalue weighted by molar-refractivity contribution is 0.664. The van der Waals surface area contributed by atoms with Crippen LogP contribution in [0.3, 0.4) is 0 Å². The number of nitrogens with zero attached hydrogens (tertiary/aromatic N) is 2. The molecule has 0 radical (unpaired) electrons. The molecule has 24 heavy (non-hydrogen) atoms. The van der Waals surface area contributed by atoms with E-state index in [9.17, 15) is 0 Å². The molecule has 0 saturated carbocycles. The molecule has 0 aliphatic rings. The number of hydrogen-bond acceptors (Lipinski definition) is 5. The number of thioether (sulfide) groups is 1. The number of aliphatic imine (C=N–C) groups is 1. The fraction of sp³-hybridized carbons (Fsp3) is 0.529. The van der Waals surface area contributed by atoms with Crippen LogP contribution >= 0.6 is 34.4 Å². The number of aromatic nitrogens is 1. The summed E-state index contributed by atoms with van der Waals surface area (Å²) in [5.41, 5.74) is 1.10. The Balaban J connectivity index is 1.80. The predicted molar refractivity (Wildman–Crippen MR) is 111 cm³/mol. The minimum absolute atomic E-state index is 0.200. The van der Waals surface area contributed by atoms with E-state index in [4.69, 9.17) is 0 Å². The molecule has 7 heteroatoms. The molecule has 0 unspecified atom stereocenters. The fourth-order valence-electron chi connectivity index (χ4n) is 2.02. The lowest BCUT2D eigenvalue weighted by Crippen LogP contribution is -2.43. The van der Waals surface area contributed by atoms with Gasteiger partial charge in [0.1, 0.15) is 0 Å². The number of aryl methyl sites for hydroxylation is 1. The van der Waals surface area contributed by atoms with Crippen molar-refractivity contribution in [1.29, 1.82) is 0 Å². The van der Waals surface area contributed by atoms with Crippen LogP contribution in [0.15, 0.2) is 22.5 Å². The van der Waals surface area contributed by atoms with Crippen molar-refractivity contribution in [2.45, 2.75) is 31.9 Å². The molecular formula is C17H26N4S3. The van der Waals surface area contributed by atoms with Gasteiger partial charge in [0.05, 0.1) is 15.6 Å². The van der Waals surface area contributed by atoms with Crippen molar-refractivity contribution < 1.29 is 0 Å². The third-order valence-corrected chi connectivity index (χ3v) is 6.85. The highest BCUT2D eigenvalue weighted by molar-refractivity contribution is 7.99. The normalized spacial score (nSPS) is 12.5. The molecule has 0 fully saturated rings. The second-order valence-electron chi connectivity index (χ2n) is 6.08. The first-order valence-corrected chi connectivity index (χ1v) is 10.9. The summed E-state index contributed by atoms with van der Waals surface area (Å²) in [5, 5.41) is 10.0. The lowest BCUT2D eigenvalue weighted by atomic mass is 10.2. The molecule has 0 bridgehead atoms. The van der Waals surface area contributed by atoms with Crippen LogP contribution in [-0.2, 0) is 6.42 Å². The zero-order chi connectivity index (χ0) is 17.6. The van der Waals surface area contributed by atoms with Gasteiger partial charge in [-0.3, -0.25) is 4.99 Å². The number of guanidine groups is 1. The van der Waals surface area contributed by atoms with Crippen molar-refractivity contribution in [2.75, 3.05) is 26.4 Å². The van der Waals surface area contributed by atoms with Crippen LogP contribution in [0.5, 0.6) is 0 Å². The Hall–Kier alpha value is -1.05. The Morgan fingerprint density at radius 1 is 1.33 bits per heavy atom. The topological polar surface area (TPSA) is 49.3 Å². The molecule has 0 aliphatic carbocycles. The molecule has 132 valence electrons. The predicted octanol–water partition coefficient (Wildman–Crippen LogP) is 4.03. The van der Waals surface area contributed by atoms with Gasteiger partial charge in [-0.05, 0) is 45.6 Å². The quantitative estimate of drug-likeness (QED) is 0.561. The maximum Gasteiger partial charge on any atom is 0.191 e. The van der Waals surface area contributed by atoms with E-state index in [-0.39, 0.29) is 4.75 Å². The zero-order valence-corrected chi connectivity index (χ0v) is 17.4. The highest BCUT2D eigenvalue weighted by Gasteiger charge is 2.16. The van der Waals surface area contributed by atoms with Crippen molar-refractivity contribution in [2.24, 2.45) is 4.99 Å². The van der Waals surface area contributed by atoms with E-state index in [0.29, 0.717) is 0 Å². The maximum absolute atomic E-state index is 4.55. The van der Waals surface area contributed by atoms with E-state index >= 15 is 0 Å². The summed E-state index contributed by atoms with van der Waals surface area (Å²) in [6.45, 7) is 8.26. The summed E-state index contributed by atoms with van der Waals surface area (Å²) < 4.78 is 0.200. The molecule has 2 N–H and O–H groups in total. The van der Waals surface area contributed by atoms with Crippen LogP contribution in [0.25, 0.3) is 10.6 Å². The Morgan fingerprint density at radius 2 is 2.12 bits per heavy atom. The SMILES string of the molecule is CN=C(NCCc1ccc(-c2csc(C)n2)s1)NCC(C)(C)SC. The first-order valence-electron chi connectivity index (χ1n) is 7.94. The van der Waals surface area contributed by atoms with Crippen LogP contribution in [0.4, 0.5) is 0 Å². The number of thiazole rings is 1. The van der Waals surface area contributed by atoms with Crippen molar-refractivity contribution in [3.05, 3.63) is 27.4 Å². The molecule has 0 atom stereocenters. The Bertz CT molecular complexity index is 673. The summed E-state index contributed by atoms with van der Waals surface area (Å²) in [6.07, 6.45) is 3.12. The van der Waals surface area contributed by atoms with Gasteiger partial charge in [-0.25, -0.2) is 4.98 Å². The van der Waals surface area contributed by atoms with Crippen LogP contribution in [0, 0.1) is 6.92 Å². The summed E-state index contributed by atoms with van der Waals surface area (Å²) in [6, 6.07) is 4.37. The fourth-order valence-corrected chi connectivity index (χ4v) is 3.89. The molecule has 2 aromatic heterocycles. The van der Waals surface area contributed by atoms with Crippen molar-refractivity contribution in [1.82, 2.24) is 15.6 Å². The van der Waals surface area contributed by atoms with Gasteiger partial charge >= 0.3 is 0 Å². The van der Waals surface area contributed by atoms with Gasteiger partial charge in [0, 0.05) is 35.1 Å². The summed E-state index contributed by atoms with van der Waals surface area (Å²) >= 11 is 5.37. The van der Waals surface area contributed by atoms with E-state index in [1.807, 2.05) is 37.1 Å². The van der Waals surface area contributed by atoms with Crippen molar-refractivity contribution in [3.63, 3.8) is 0 Å². The Morgan fingerprint density at radius 3 is 2.75 bits per heavy atom. The van der Waals surface area contributed by atoms with Gasteiger partial charge in [0.25, 0.3) is 0 Å². The lowest BCUT2D eigenvalue weighted by Gasteiger charge is -2.23. The van der Waals surface area contributed by atoms with Crippen LogP contribution in [-0.4, -0.2) is 42.1 Å². The highest BCUT2D eigenvalue weighted by Crippen LogP contribution is 2.29. The van der Waals surface area contributed by atoms with Gasteiger partial charge in [-0.15, -0.1) is 22.7 Å². The van der Waals surface area contributed by atoms with E-state index in [1.165, 1.54) is 9.75 Å². The van der Waals surface area contributed by atoms with Crippen molar-refractivity contribution >= 4 is 40.4 Å². The number of rotatable bonds is 7. The minimum atomic E-state index is 0.200. The molecule has 2 aromatic rings. The Labute approximate surface area is 157 Å². The molecule has 0 spiro atoms. The Kier molecular flexibility index (Phi) is 7.13. The third-order valence-electron chi connectivity index (χ3n) is 3.65. The van der Waals surface area contributed by atoms with Crippen molar-refractivity contribution in [3.8, 4) is 10.6 Å². The van der Waals surface area contributed by atoms with E-state index < -0.39 is 0 Å². The average Bonchev–Trinajstić information content (AvgIpc) is 3.19. The molecule has 0 saturated heterocycles. The van der Waals surface area contributed by atoms with E-state index in [1.54, 1.807) is 11.3 Å². The summed E-state index contributed by atoms with van der Waals surface area (Å²) in [7, 11) is 1.81. The van der Waals surface area contributed by atoms with Gasteiger partial charge in [0.2, 0.25) is 0 Å². The summed E-state index contributed by atoms with van der Waals surface area (Å²) in [5.74, 6) is 0.865. The first kappa shape index (κ1) is 19.3. The maximum atomic E-state index is 4.55. The zero-order valence-electron chi connectivity index (χ0n) is 15.0. The van der Waals surface area contributed by atoms with Gasteiger partial charge in [-0.2, -0.15) is 11.8 Å². The molecule has 2 heterocycles. The van der Waals surface area contributed by atoms with Crippen LogP contribution < -0.4 is 10.6 Å². The molecule has 4 nitrogen and oxygen atoms in total. The second-order valence-corrected chi connectivity index (χ2v) is 9.83. The van der Waals surface area contributed by atoms with Crippen LogP contribution in [0.2, 0.25) is 0 Å². The molecule has 0 aliphatic heterocycles. The standard InChI is InChI=1S/C17H26N4S3/c1-12-21-14(10-23-12)15-7-6-13(24-15)8-9-19-16(18-4)20-11-17(2,3)22-5/h6-7,10H,8-9,11H2,1-5H3,(H2,18,19,20).